The summed E-state index contributed by atoms with van der Waals surface area (Å²) >= 11 is 5.90. The van der Waals surface area contributed by atoms with Gasteiger partial charge in [-0.1, -0.05) is 23.7 Å². The van der Waals surface area contributed by atoms with Crippen molar-refractivity contribution in [2.45, 2.75) is 6.92 Å². The lowest BCUT2D eigenvalue weighted by atomic mass is 10.0. The highest BCUT2D eigenvalue weighted by atomic mass is 35.5. The molecular formula is C20H21ClN2O4. The van der Waals surface area contributed by atoms with Crippen molar-refractivity contribution in [3.05, 3.63) is 58.6 Å². The summed E-state index contributed by atoms with van der Waals surface area (Å²) in [5, 5.41) is 3.34. The van der Waals surface area contributed by atoms with Crippen molar-refractivity contribution >= 4 is 29.1 Å². The van der Waals surface area contributed by atoms with Crippen LogP contribution in [-0.2, 0) is 9.53 Å². The maximum Gasteiger partial charge on any atom is 0.262 e. The van der Waals surface area contributed by atoms with Crippen LogP contribution in [0.1, 0.15) is 15.9 Å². The monoisotopic (exact) mass is 388 g/mol. The van der Waals surface area contributed by atoms with Gasteiger partial charge in [0.25, 0.3) is 11.8 Å². The smallest absolute Gasteiger partial charge is 0.262 e. The van der Waals surface area contributed by atoms with Gasteiger partial charge in [0.05, 0.1) is 13.2 Å². The summed E-state index contributed by atoms with van der Waals surface area (Å²) in [6, 6.07) is 12.1. The summed E-state index contributed by atoms with van der Waals surface area (Å²) in [6.45, 7) is 3.90. The second kappa shape index (κ2) is 8.88. The van der Waals surface area contributed by atoms with Crippen molar-refractivity contribution in [1.29, 1.82) is 0 Å². The first-order valence-electron chi connectivity index (χ1n) is 8.69. The highest BCUT2D eigenvalue weighted by Gasteiger charge is 2.21. The molecule has 1 N–H and O–H groups in total. The Morgan fingerprint density at radius 2 is 1.93 bits per heavy atom. The van der Waals surface area contributed by atoms with Crippen molar-refractivity contribution in [2.75, 3.05) is 38.2 Å². The molecule has 1 aliphatic rings. The van der Waals surface area contributed by atoms with Gasteiger partial charge >= 0.3 is 0 Å². The second-order valence-electron chi connectivity index (χ2n) is 6.18. The molecule has 3 rings (SSSR count). The number of hydrogen-bond acceptors (Lipinski definition) is 4. The van der Waals surface area contributed by atoms with Crippen LogP contribution in [0.5, 0.6) is 5.75 Å². The van der Waals surface area contributed by atoms with E-state index in [4.69, 9.17) is 21.1 Å². The van der Waals surface area contributed by atoms with Crippen molar-refractivity contribution in [2.24, 2.45) is 0 Å². The van der Waals surface area contributed by atoms with Crippen LogP contribution >= 0.6 is 11.6 Å². The highest BCUT2D eigenvalue weighted by molar-refractivity contribution is 6.30. The van der Waals surface area contributed by atoms with Gasteiger partial charge in [0.1, 0.15) is 5.75 Å². The average Bonchev–Trinajstić information content (AvgIpc) is 2.68. The number of amides is 2. The lowest BCUT2D eigenvalue weighted by Crippen LogP contribution is -2.41. The zero-order valence-corrected chi connectivity index (χ0v) is 15.8. The van der Waals surface area contributed by atoms with E-state index in [1.54, 1.807) is 47.4 Å². The molecule has 0 bridgehead atoms. The van der Waals surface area contributed by atoms with Gasteiger partial charge < -0.3 is 19.7 Å². The molecule has 2 aromatic rings. The van der Waals surface area contributed by atoms with Gasteiger partial charge in [-0.25, -0.2) is 0 Å². The van der Waals surface area contributed by atoms with Gasteiger partial charge in [-0.05, 0) is 42.8 Å². The van der Waals surface area contributed by atoms with Gasteiger partial charge in [-0.15, -0.1) is 0 Å². The Morgan fingerprint density at radius 3 is 2.67 bits per heavy atom. The third-order valence-electron chi connectivity index (χ3n) is 4.30. The highest BCUT2D eigenvalue weighted by Crippen LogP contribution is 2.21. The molecule has 1 saturated heterocycles. The van der Waals surface area contributed by atoms with E-state index in [-0.39, 0.29) is 18.4 Å². The van der Waals surface area contributed by atoms with Gasteiger partial charge in [-0.3, -0.25) is 9.59 Å². The maximum absolute atomic E-state index is 12.7. The number of morpholine rings is 1. The zero-order chi connectivity index (χ0) is 19.2. The second-order valence-corrected chi connectivity index (χ2v) is 6.61. The van der Waals surface area contributed by atoms with Gasteiger partial charge in [-0.2, -0.15) is 0 Å². The van der Waals surface area contributed by atoms with E-state index in [2.05, 4.69) is 5.32 Å². The predicted octanol–water partition coefficient (Wildman–Crippen LogP) is 3.14. The summed E-state index contributed by atoms with van der Waals surface area (Å²) in [5.41, 5.74) is 1.89. The van der Waals surface area contributed by atoms with Gasteiger partial charge in [0.2, 0.25) is 0 Å². The largest absolute Gasteiger partial charge is 0.484 e. The minimum Gasteiger partial charge on any atom is -0.484 e. The quantitative estimate of drug-likeness (QED) is 0.854. The predicted molar refractivity (Wildman–Crippen MR) is 103 cm³/mol. The topological polar surface area (TPSA) is 67.9 Å². The third-order valence-corrected chi connectivity index (χ3v) is 4.54. The number of hydrogen-bond donors (Lipinski definition) is 1. The number of halogens is 1. The summed E-state index contributed by atoms with van der Waals surface area (Å²) in [4.78, 5) is 26.7. The van der Waals surface area contributed by atoms with Crippen LogP contribution in [0.3, 0.4) is 0 Å². The number of nitrogens with zero attached hydrogens (tertiary/aromatic N) is 1. The number of benzene rings is 2. The molecule has 0 atom stereocenters. The lowest BCUT2D eigenvalue weighted by molar-refractivity contribution is -0.118. The number of carbonyl (C=O) groups is 2. The molecule has 1 heterocycles. The number of anilines is 1. The van der Waals surface area contributed by atoms with Crippen LogP contribution in [0, 0.1) is 6.92 Å². The van der Waals surface area contributed by atoms with E-state index >= 15 is 0 Å². The number of nitrogens with one attached hydrogen (secondary N) is 1. The molecule has 0 radical (unpaired) electrons. The molecule has 6 nitrogen and oxygen atoms in total. The fourth-order valence-corrected chi connectivity index (χ4v) is 3.01. The molecule has 1 fully saturated rings. The lowest BCUT2D eigenvalue weighted by Gasteiger charge is -2.27. The fourth-order valence-electron chi connectivity index (χ4n) is 2.83. The van der Waals surface area contributed by atoms with E-state index in [9.17, 15) is 9.59 Å². The first-order valence-corrected chi connectivity index (χ1v) is 9.07. The molecule has 0 spiro atoms. The molecule has 0 aromatic heterocycles. The first-order chi connectivity index (χ1) is 13.0. The Bertz CT molecular complexity index is 834. The average molecular weight is 389 g/mol. The minimum atomic E-state index is -0.311. The minimum absolute atomic E-state index is 0.0536. The SMILES string of the molecule is Cc1c(NC(=O)COc2cccc(Cl)c2)cccc1C(=O)N1CCOCC1. The van der Waals surface area contributed by atoms with E-state index in [1.165, 1.54) is 0 Å². The van der Waals surface area contributed by atoms with Crippen LogP contribution < -0.4 is 10.1 Å². The number of rotatable bonds is 5. The molecule has 0 saturated carbocycles. The Morgan fingerprint density at radius 1 is 1.19 bits per heavy atom. The van der Waals surface area contributed by atoms with E-state index in [0.717, 1.165) is 5.56 Å². The van der Waals surface area contributed by atoms with E-state index in [0.29, 0.717) is 48.3 Å². The summed E-state index contributed by atoms with van der Waals surface area (Å²) in [6.07, 6.45) is 0. The van der Waals surface area contributed by atoms with Crippen molar-refractivity contribution < 1.29 is 19.1 Å². The summed E-state index contributed by atoms with van der Waals surface area (Å²) in [5.74, 6) is 0.154. The zero-order valence-electron chi connectivity index (χ0n) is 15.0. The normalized spacial score (nSPS) is 13.9. The van der Waals surface area contributed by atoms with Crippen LogP contribution in [-0.4, -0.2) is 49.6 Å². The van der Waals surface area contributed by atoms with Crippen LogP contribution in [0.15, 0.2) is 42.5 Å². The molecule has 27 heavy (non-hydrogen) atoms. The van der Waals surface area contributed by atoms with E-state index < -0.39 is 0 Å². The first kappa shape index (κ1) is 19.2. The van der Waals surface area contributed by atoms with Crippen LogP contribution in [0.25, 0.3) is 0 Å². The van der Waals surface area contributed by atoms with E-state index in [1.807, 2.05) is 6.92 Å². The molecule has 1 aliphatic heterocycles. The van der Waals surface area contributed by atoms with Gasteiger partial charge in [0, 0.05) is 29.4 Å². The third kappa shape index (κ3) is 4.99. The van der Waals surface area contributed by atoms with Gasteiger partial charge in [0.15, 0.2) is 6.61 Å². The van der Waals surface area contributed by atoms with Crippen molar-refractivity contribution in [3.63, 3.8) is 0 Å². The summed E-state index contributed by atoms with van der Waals surface area (Å²) < 4.78 is 10.7. The maximum atomic E-state index is 12.7. The molecular weight excluding hydrogens is 368 g/mol. The van der Waals surface area contributed by atoms with Crippen molar-refractivity contribution in [1.82, 2.24) is 4.90 Å². The Kier molecular flexibility index (Phi) is 6.32. The van der Waals surface area contributed by atoms with Crippen LogP contribution in [0.2, 0.25) is 5.02 Å². The van der Waals surface area contributed by atoms with Crippen LogP contribution in [0.4, 0.5) is 5.69 Å². The Labute approximate surface area is 163 Å². The molecule has 142 valence electrons. The molecule has 0 aliphatic carbocycles. The molecule has 2 amide bonds. The molecule has 7 heteroatoms. The molecule has 0 unspecified atom stereocenters. The Hall–Kier alpha value is -2.57. The number of carbonyl (C=O) groups excluding carboxylic acids is 2. The van der Waals surface area contributed by atoms with Crippen molar-refractivity contribution in [3.8, 4) is 5.75 Å². The molecule has 2 aromatic carbocycles. The fraction of sp³-hybridized carbons (Fsp3) is 0.300. The standard InChI is InChI=1S/C20H21ClN2O4/c1-14-17(20(25)23-8-10-26-11-9-23)6-3-7-18(14)22-19(24)13-27-16-5-2-4-15(21)12-16/h2-7,12H,8-11,13H2,1H3,(H,22,24). The summed E-state index contributed by atoms with van der Waals surface area (Å²) in [7, 11) is 0. The number of ether oxygens (including phenoxy) is 2. The Balaban J connectivity index is 1.64.